The van der Waals surface area contributed by atoms with Crippen molar-refractivity contribution in [1.29, 1.82) is 0 Å². The molecule has 1 saturated heterocycles. The maximum Gasteiger partial charge on any atom is 0.225 e. The highest BCUT2D eigenvalue weighted by Gasteiger charge is 2.27. The topological polar surface area (TPSA) is 46.3 Å². The first kappa shape index (κ1) is 8.53. The van der Waals surface area contributed by atoms with E-state index in [2.05, 4.69) is 0 Å². The number of rotatable bonds is 3. The Kier molecular flexibility index (Phi) is 2.88. The molecule has 0 aliphatic carbocycles. The smallest absolute Gasteiger partial charge is 0.225 e. The van der Waals surface area contributed by atoms with Gasteiger partial charge in [0.2, 0.25) is 5.91 Å². The zero-order valence-electron chi connectivity index (χ0n) is 7.05. The van der Waals surface area contributed by atoms with Crippen LogP contribution in [-0.4, -0.2) is 30.9 Å². The maximum absolute atomic E-state index is 11.3. The lowest BCUT2D eigenvalue weighted by atomic mass is 10.0. The Labute approximate surface area is 67.5 Å². The molecule has 0 spiro atoms. The molecule has 64 valence electrons. The van der Waals surface area contributed by atoms with Crippen molar-refractivity contribution in [2.45, 2.75) is 19.3 Å². The van der Waals surface area contributed by atoms with Crippen molar-refractivity contribution in [1.82, 2.24) is 4.90 Å². The summed E-state index contributed by atoms with van der Waals surface area (Å²) in [6.07, 6.45) is 2.97. The van der Waals surface area contributed by atoms with Crippen LogP contribution in [0.4, 0.5) is 0 Å². The second-order valence-electron chi connectivity index (χ2n) is 3.18. The summed E-state index contributed by atoms with van der Waals surface area (Å²) < 4.78 is 0. The van der Waals surface area contributed by atoms with Crippen molar-refractivity contribution in [3.05, 3.63) is 0 Å². The van der Waals surface area contributed by atoms with Crippen LogP contribution in [0, 0.1) is 5.92 Å². The number of nitrogens with zero attached hydrogens (tertiary/aromatic N) is 1. The molecule has 1 atom stereocenters. The summed E-state index contributed by atoms with van der Waals surface area (Å²) in [5, 5.41) is 0. The summed E-state index contributed by atoms with van der Waals surface area (Å²) in [5.74, 6) is 0.571. The van der Waals surface area contributed by atoms with E-state index in [-0.39, 0.29) is 5.92 Å². The summed E-state index contributed by atoms with van der Waals surface area (Å²) in [5.41, 5.74) is 5.36. The van der Waals surface area contributed by atoms with Crippen LogP contribution >= 0.6 is 0 Å². The molecule has 11 heavy (non-hydrogen) atoms. The van der Waals surface area contributed by atoms with Crippen molar-refractivity contribution in [3.8, 4) is 0 Å². The second-order valence-corrected chi connectivity index (χ2v) is 3.18. The van der Waals surface area contributed by atoms with Crippen LogP contribution in [0.1, 0.15) is 19.3 Å². The molecule has 1 aliphatic heterocycles. The van der Waals surface area contributed by atoms with E-state index in [9.17, 15) is 4.79 Å². The van der Waals surface area contributed by atoms with Crippen LogP contribution < -0.4 is 5.73 Å². The molecule has 1 rings (SSSR count). The van der Waals surface area contributed by atoms with Gasteiger partial charge >= 0.3 is 0 Å². The molecule has 0 radical (unpaired) electrons. The van der Waals surface area contributed by atoms with Crippen LogP contribution in [0.2, 0.25) is 0 Å². The summed E-state index contributed by atoms with van der Waals surface area (Å²) in [6.45, 7) is 1.63. The van der Waals surface area contributed by atoms with Gasteiger partial charge in [0.25, 0.3) is 0 Å². The maximum atomic E-state index is 11.3. The summed E-state index contributed by atoms with van der Waals surface area (Å²) in [6, 6.07) is 0. The van der Waals surface area contributed by atoms with Gasteiger partial charge in [-0.15, -0.1) is 0 Å². The molecule has 0 aromatic carbocycles. The van der Waals surface area contributed by atoms with Crippen LogP contribution in [0.5, 0.6) is 0 Å². The Morgan fingerprint density at radius 3 is 2.91 bits per heavy atom. The molecular weight excluding hydrogens is 140 g/mol. The average molecular weight is 156 g/mol. The lowest BCUT2D eigenvalue weighted by Gasteiger charge is -2.08. The van der Waals surface area contributed by atoms with E-state index in [4.69, 9.17) is 5.73 Å². The molecule has 3 heteroatoms. The van der Waals surface area contributed by atoms with Gasteiger partial charge in [-0.3, -0.25) is 4.79 Å². The molecule has 0 aromatic heterocycles. The number of hydrogen-bond acceptors (Lipinski definition) is 2. The van der Waals surface area contributed by atoms with Crippen molar-refractivity contribution >= 4 is 5.91 Å². The summed E-state index contributed by atoms with van der Waals surface area (Å²) >= 11 is 0. The predicted octanol–water partition coefficient (Wildman–Crippen LogP) is 0.204. The van der Waals surface area contributed by atoms with Crippen molar-refractivity contribution in [2.75, 3.05) is 20.1 Å². The Hall–Kier alpha value is -0.570. The van der Waals surface area contributed by atoms with E-state index in [1.807, 2.05) is 7.05 Å². The van der Waals surface area contributed by atoms with Crippen LogP contribution in [0.25, 0.3) is 0 Å². The number of likely N-dealkylation sites (tertiary alicyclic amines) is 1. The molecule has 2 N–H and O–H groups in total. The standard InChI is InChI=1S/C8H16N2O/c1-10-6-4-7(8(10)11)3-2-5-9/h7H,2-6,9H2,1H3. The van der Waals surface area contributed by atoms with Gasteiger partial charge in [0, 0.05) is 19.5 Å². The number of nitrogens with two attached hydrogens (primary N) is 1. The summed E-state index contributed by atoms with van der Waals surface area (Å²) in [7, 11) is 1.87. The SMILES string of the molecule is CN1CCC(CCCN)C1=O. The van der Waals surface area contributed by atoms with E-state index in [1.165, 1.54) is 0 Å². The average Bonchev–Trinajstić information content (AvgIpc) is 2.31. The van der Waals surface area contributed by atoms with E-state index < -0.39 is 0 Å². The minimum Gasteiger partial charge on any atom is -0.345 e. The van der Waals surface area contributed by atoms with Gasteiger partial charge < -0.3 is 10.6 Å². The number of carbonyl (C=O) groups excluding carboxylic acids is 1. The Morgan fingerprint density at radius 2 is 2.45 bits per heavy atom. The van der Waals surface area contributed by atoms with Crippen molar-refractivity contribution < 1.29 is 4.79 Å². The molecule has 1 amide bonds. The normalized spacial score (nSPS) is 24.7. The monoisotopic (exact) mass is 156 g/mol. The van der Waals surface area contributed by atoms with Crippen LogP contribution in [0.3, 0.4) is 0 Å². The van der Waals surface area contributed by atoms with E-state index in [0.29, 0.717) is 12.5 Å². The number of amides is 1. The third-order valence-corrected chi connectivity index (χ3v) is 2.30. The van der Waals surface area contributed by atoms with Gasteiger partial charge in [0.05, 0.1) is 0 Å². The molecular formula is C8H16N2O. The Morgan fingerprint density at radius 1 is 1.73 bits per heavy atom. The highest BCUT2D eigenvalue weighted by molar-refractivity contribution is 5.80. The van der Waals surface area contributed by atoms with E-state index in [1.54, 1.807) is 4.90 Å². The molecule has 1 unspecified atom stereocenters. The highest BCUT2D eigenvalue weighted by atomic mass is 16.2. The minimum atomic E-state index is 0.267. The first-order valence-corrected chi connectivity index (χ1v) is 4.20. The largest absolute Gasteiger partial charge is 0.345 e. The summed E-state index contributed by atoms with van der Waals surface area (Å²) in [4.78, 5) is 13.1. The van der Waals surface area contributed by atoms with Crippen LogP contribution in [0.15, 0.2) is 0 Å². The van der Waals surface area contributed by atoms with Gasteiger partial charge in [0.1, 0.15) is 0 Å². The lowest BCUT2D eigenvalue weighted by Crippen LogP contribution is -2.22. The van der Waals surface area contributed by atoms with Crippen molar-refractivity contribution in [2.24, 2.45) is 11.7 Å². The lowest BCUT2D eigenvalue weighted by molar-refractivity contribution is -0.130. The molecule has 0 aromatic rings. The fraction of sp³-hybridized carbons (Fsp3) is 0.875. The van der Waals surface area contributed by atoms with Gasteiger partial charge in [-0.25, -0.2) is 0 Å². The molecule has 0 saturated carbocycles. The Balaban J connectivity index is 2.30. The zero-order valence-corrected chi connectivity index (χ0v) is 7.05. The van der Waals surface area contributed by atoms with Gasteiger partial charge in [-0.2, -0.15) is 0 Å². The van der Waals surface area contributed by atoms with E-state index in [0.717, 1.165) is 25.8 Å². The molecule has 1 aliphatic rings. The molecule has 0 bridgehead atoms. The highest BCUT2D eigenvalue weighted by Crippen LogP contribution is 2.20. The van der Waals surface area contributed by atoms with Gasteiger partial charge in [0.15, 0.2) is 0 Å². The Bertz CT molecular complexity index is 147. The first-order chi connectivity index (χ1) is 5.25. The third-order valence-electron chi connectivity index (χ3n) is 2.30. The fourth-order valence-corrected chi connectivity index (χ4v) is 1.53. The van der Waals surface area contributed by atoms with E-state index >= 15 is 0 Å². The number of carbonyl (C=O) groups is 1. The van der Waals surface area contributed by atoms with Crippen LogP contribution in [-0.2, 0) is 4.79 Å². The quantitative estimate of drug-likeness (QED) is 0.634. The molecule has 1 heterocycles. The van der Waals surface area contributed by atoms with Gasteiger partial charge in [-0.05, 0) is 25.8 Å². The first-order valence-electron chi connectivity index (χ1n) is 4.20. The van der Waals surface area contributed by atoms with Gasteiger partial charge in [-0.1, -0.05) is 0 Å². The number of hydrogen-bond donors (Lipinski definition) is 1. The second kappa shape index (κ2) is 3.72. The van der Waals surface area contributed by atoms with Crippen molar-refractivity contribution in [3.63, 3.8) is 0 Å². The zero-order chi connectivity index (χ0) is 8.27. The fourth-order valence-electron chi connectivity index (χ4n) is 1.53. The third kappa shape index (κ3) is 1.93. The predicted molar refractivity (Wildman–Crippen MR) is 44.0 cm³/mol. The molecule has 3 nitrogen and oxygen atoms in total. The molecule has 1 fully saturated rings. The minimum absolute atomic E-state index is 0.267.